The molecule has 35 heavy (non-hydrogen) atoms. The highest BCUT2D eigenvalue weighted by Gasteiger charge is 2.36. The van der Waals surface area contributed by atoms with Crippen LogP contribution in [0.3, 0.4) is 0 Å². The lowest BCUT2D eigenvalue weighted by Crippen LogP contribution is -2.51. The van der Waals surface area contributed by atoms with Crippen molar-refractivity contribution in [3.05, 3.63) is 63.2 Å². The average molecular weight is 533 g/mol. The largest absolute Gasteiger partial charge is 0.464 e. The third-order valence-electron chi connectivity index (χ3n) is 5.63. The SMILES string of the molecule is Cc1nc(CN(CC(C)C)C(=O)C(Cc2cscn2)N(C)S(=O)(=O)c2ccc3occc3c2)cs1. The van der Waals surface area contributed by atoms with Gasteiger partial charge in [-0.1, -0.05) is 13.8 Å². The van der Waals surface area contributed by atoms with Crippen LogP contribution >= 0.6 is 22.7 Å². The first-order valence-corrected chi connectivity index (χ1v) is 14.4. The van der Waals surface area contributed by atoms with Crippen LogP contribution in [-0.2, 0) is 27.8 Å². The highest BCUT2D eigenvalue weighted by atomic mass is 32.2. The average Bonchev–Trinajstić information content (AvgIpc) is 3.57. The molecule has 0 aliphatic rings. The molecule has 0 N–H and O–H groups in total. The highest BCUT2D eigenvalue weighted by Crippen LogP contribution is 2.25. The van der Waals surface area contributed by atoms with Crippen LogP contribution in [0.4, 0.5) is 0 Å². The molecule has 0 saturated heterocycles. The maximum atomic E-state index is 14.0. The molecule has 4 rings (SSSR count). The van der Waals surface area contributed by atoms with Gasteiger partial charge in [0.2, 0.25) is 15.9 Å². The summed E-state index contributed by atoms with van der Waals surface area (Å²) in [5, 5.41) is 5.38. The van der Waals surface area contributed by atoms with E-state index in [4.69, 9.17) is 4.42 Å². The van der Waals surface area contributed by atoms with Crippen molar-refractivity contribution < 1.29 is 17.6 Å². The molecule has 3 heterocycles. The normalized spacial score (nSPS) is 13.1. The van der Waals surface area contributed by atoms with Gasteiger partial charge in [-0.2, -0.15) is 4.31 Å². The van der Waals surface area contributed by atoms with Crippen LogP contribution in [0.15, 0.2) is 56.1 Å². The van der Waals surface area contributed by atoms with Gasteiger partial charge >= 0.3 is 0 Å². The van der Waals surface area contributed by atoms with Gasteiger partial charge in [0.15, 0.2) is 0 Å². The fourth-order valence-electron chi connectivity index (χ4n) is 3.91. The van der Waals surface area contributed by atoms with Crippen molar-refractivity contribution in [2.75, 3.05) is 13.6 Å². The minimum Gasteiger partial charge on any atom is -0.464 e. The van der Waals surface area contributed by atoms with E-state index in [2.05, 4.69) is 9.97 Å². The molecule has 11 heteroatoms. The van der Waals surface area contributed by atoms with Gasteiger partial charge in [0.1, 0.15) is 11.6 Å². The first kappa shape index (κ1) is 25.5. The Labute approximate surface area is 213 Å². The van der Waals surface area contributed by atoms with Gasteiger partial charge in [0, 0.05) is 36.2 Å². The van der Waals surface area contributed by atoms with Crippen molar-refractivity contribution in [1.82, 2.24) is 19.2 Å². The summed E-state index contributed by atoms with van der Waals surface area (Å²) in [6, 6.07) is 5.46. The zero-order chi connectivity index (χ0) is 25.2. The van der Waals surface area contributed by atoms with Gasteiger partial charge in [-0.05, 0) is 37.1 Å². The number of furan rings is 1. The summed E-state index contributed by atoms with van der Waals surface area (Å²) >= 11 is 2.94. The zero-order valence-corrected chi connectivity index (χ0v) is 22.5. The Hall–Kier alpha value is -2.60. The molecule has 1 unspecified atom stereocenters. The van der Waals surface area contributed by atoms with Crippen LogP contribution in [-0.4, -0.2) is 53.1 Å². The van der Waals surface area contributed by atoms with Crippen LogP contribution < -0.4 is 0 Å². The molecule has 0 spiro atoms. The molecule has 1 aromatic carbocycles. The molecule has 0 bridgehead atoms. The summed E-state index contributed by atoms with van der Waals surface area (Å²) in [5.74, 6) is -0.0724. The fraction of sp³-hybridized carbons (Fsp3) is 0.375. The minimum atomic E-state index is -3.98. The summed E-state index contributed by atoms with van der Waals surface area (Å²) in [4.78, 5) is 24.6. The van der Waals surface area contributed by atoms with Crippen LogP contribution in [0.2, 0.25) is 0 Å². The Bertz CT molecular complexity index is 1390. The van der Waals surface area contributed by atoms with Crippen LogP contribution in [0.1, 0.15) is 30.2 Å². The summed E-state index contributed by atoms with van der Waals surface area (Å²) in [5.41, 5.74) is 3.75. The van der Waals surface area contributed by atoms with Crippen LogP contribution in [0, 0.1) is 12.8 Å². The summed E-state index contributed by atoms with van der Waals surface area (Å²) in [7, 11) is -2.52. The molecule has 1 amide bonds. The first-order chi connectivity index (χ1) is 16.6. The second-order valence-electron chi connectivity index (χ2n) is 8.81. The Morgan fingerprint density at radius 3 is 2.63 bits per heavy atom. The monoisotopic (exact) mass is 532 g/mol. The molecule has 0 aliphatic heterocycles. The van der Waals surface area contributed by atoms with Crippen LogP contribution in [0.25, 0.3) is 11.0 Å². The topological polar surface area (TPSA) is 96.6 Å². The van der Waals surface area contributed by atoms with Crippen molar-refractivity contribution in [2.45, 2.75) is 44.7 Å². The third kappa shape index (κ3) is 5.80. The molecule has 8 nitrogen and oxygen atoms in total. The third-order valence-corrected chi connectivity index (χ3v) is 8.95. The molecule has 0 aliphatic carbocycles. The molecule has 4 aromatic rings. The van der Waals surface area contributed by atoms with Gasteiger partial charge in [0.25, 0.3) is 0 Å². The maximum absolute atomic E-state index is 14.0. The lowest BCUT2D eigenvalue weighted by molar-refractivity contribution is -0.136. The van der Waals surface area contributed by atoms with Gasteiger partial charge < -0.3 is 9.32 Å². The Morgan fingerprint density at radius 2 is 1.97 bits per heavy atom. The molecule has 0 fully saturated rings. The van der Waals surface area contributed by atoms with Crippen molar-refractivity contribution in [2.24, 2.45) is 5.92 Å². The van der Waals surface area contributed by atoms with Crippen molar-refractivity contribution >= 4 is 49.6 Å². The number of aryl methyl sites for hydroxylation is 1. The highest BCUT2D eigenvalue weighted by molar-refractivity contribution is 7.89. The van der Waals surface area contributed by atoms with Gasteiger partial charge in [-0.15, -0.1) is 22.7 Å². The van der Waals surface area contributed by atoms with E-state index in [1.54, 1.807) is 28.6 Å². The molecular formula is C24H28N4O4S3. The Morgan fingerprint density at radius 1 is 1.17 bits per heavy atom. The molecule has 3 aromatic heterocycles. The predicted molar refractivity (Wildman–Crippen MR) is 138 cm³/mol. The number of sulfonamides is 1. The smallest absolute Gasteiger partial charge is 0.243 e. The number of benzene rings is 1. The number of rotatable bonds is 10. The Balaban J connectivity index is 1.69. The van der Waals surface area contributed by atoms with Crippen molar-refractivity contribution in [3.63, 3.8) is 0 Å². The molecule has 0 saturated carbocycles. The fourth-order valence-corrected chi connectivity index (χ4v) is 6.43. The van der Waals surface area contributed by atoms with E-state index in [9.17, 15) is 13.2 Å². The maximum Gasteiger partial charge on any atom is 0.243 e. The van der Waals surface area contributed by atoms with Gasteiger partial charge in [0.05, 0.1) is 39.6 Å². The van der Waals surface area contributed by atoms with E-state index in [0.717, 1.165) is 10.7 Å². The number of likely N-dealkylation sites (N-methyl/N-ethyl adjacent to an activating group) is 1. The molecule has 1 atom stereocenters. The minimum absolute atomic E-state index is 0.107. The Kier molecular flexibility index (Phi) is 7.70. The van der Waals surface area contributed by atoms with E-state index in [-0.39, 0.29) is 23.1 Å². The number of hydrogen-bond donors (Lipinski definition) is 0. The number of nitrogens with zero attached hydrogens (tertiary/aromatic N) is 4. The van der Waals surface area contributed by atoms with Crippen LogP contribution in [0.5, 0.6) is 0 Å². The standard InChI is InChI=1S/C24H28N4O4S3/c1-16(2)11-28(12-20-14-34-17(3)26-20)24(29)22(10-19-13-33-15-25-19)27(4)35(30,31)21-5-6-23-18(9-21)7-8-32-23/h5-9,13-16,22H,10-12H2,1-4H3. The van der Waals surface area contributed by atoms with E-state index in [0.29, 0.717) is 29.8 Å². The van der Waals surface area contributed by atoms with E-state index >= 15 is 0 Å². The number of carbonyl (C=O) groups excluding carboxylic acids is 1. The summed E-state index contributed by atoms with van der Waals surface area (Å²) in [6.45, 7) is 6.79. The number of amides is 1. The quantitative estimate of drug-likeness (QED) is 0.297. The van der Waals surface area contributed by atoms with Crippen molar-refractivity contribution in [3.8, 4) is 0 Å². The van der Waals surface area contributed by atoms with Crippen molar-refractivity contribution in [1.29, 1.82) is 0 Å². The number of hydrogen-bond acceptors (Lipinski definition) is 8. The summed E-state index contributed by atoms with van der Waals surface area (Å²) < 4.78 is 33.9. The second kappa shape index (κ2) is 10.6. The van der Waals surface area contributed by atoms with E-state index in [1.807, 2.05) is 31.5 Å². The number of aromatic nitrogens is 2. The second-order valence-corrected chi connectivity index (χ2v) is 12.6. The first-order valence-electron chi connectivity index (χ1n) is 11.2. The number of thiazole rings is 2. The molecule has 0 radical (unpaired) electrons. The lowest BCUT2D eigenvalue weighted by atomic mass is 10.1. The number of fused-ring (bicyclic) bond motifs is 1. The van der Waals surface area contributed by atoms with Gasteiger partial charge in [-0.25, -0.2) is 18.4 Å². The van der Waals surface area contributed by atoms with E-state index < -0.39 is 16.1 Å². The van der Waals surface area contributed by atoms with Gasteiger partial charge in [-0.3, -0.25) is 4.79 Å². The summed E-state index contributed by atoms with van der Waals surface area (Å²) in [6.07, 6.45) is 1.69. The van der Waals surface area contributed by atoms with E-state index in [1.165, 1.54) is 46.4 Å². The lowest BCUT2D eigenvalue weighted by Gasteiger charge is -2.32. The zero-order valence-electron chi connectivity index (χ0n) is 20.0. The molecule has 186 valence electrons. The number of carbonyl (C=O) groups is 1. The predicted octanol–water partition coefficient (Wildman–Crippen LogP) is 4.57. The molecular weight excluding hydrogens is 504 g/mol.